The minimum absolute atomic E-state index is 0.860. The molecule has 76 valence electrons. The Balaban J connectivity index is 2.07. The summed E-state index contributed by atoms with van der Waals surface area (Å²) in [5.74, 6) is 0.991. The average molecular weight is 257 g/mol. The molecule has 1 aliphatic rings. The van der Waals surface area contributed by atoms with E-state index in [1.807, 2.05) is 12.1 Å². The van der Waals surface area contributed by atoms with Gasteiger partial charge in [-0.25, -0.2) is 0 Å². The molecule has 0 amide bonds. The van der Waals surface area contributed by atoms with Crippen molar-refractivity contribution < 1.29 is 10.1 Å². The van der Waals surface area contributed by atoms with Crippen LogP contribution in [-0.2, 0) is 6.54 Å². The third-order valence-corrected chi connectivity index (χ3v) is 3.03. The van der Waals surface area contributed by atoms with Crippen molar-refractivity contribution in [3.05, 3.63) is 28.2 Å². The van der Waals surface area contributed by atoms with Crippen LogP contribution in [0.4, 0.5) is 0 Å². The van der Waals surface area contributed by atoms with Gasteiger partial charge >= 0.3 is 0 Å². The average Bonchev–Trinajstić information content (AvgIpc) is 2.98. The summed E-state index contributed by atoms with van der Waals surface area (Å²) in [4.78, 5) is 0. The van der Waals surface area contributed by atoms with Crippen LogP contribution in [-0.4, -0.2) is 13.2 Å². The van der Waals surface area contributed by atoms with E-state index in [2.05, 4.69) is 27.3 Å². The Kier molecular flexibility index (Phi) is 3.08. The lowest BCUT2D eigenvalue weighted by molar-refractivity contribution is -0.683. The van der Waals surface area contributed by atoms with Crippen molar-refractivity contribution in [3.8, 4) is 5.75 Å². The molecular formula is C11H15BrNO+. The van der Waals surface area contributed by atoms with Crippen molar-refractivity contribution in [2.24, 2.45) is 0 Å². The summed E-state index contributed by atoms with van der Waals surface area (Å²) in [6.07, 6.45) is 2.74. The van der Waals surface area contributed by atoms with Gasteiger partial charge in [0.15, 0.2) is 0 Å². The molecule has 1 saturated carbocycles. The molecule has 14 heavy (non-hydrogen) atoms. The molecule has 0 atom stereocenters. The molecule has 2 nitrogen and oxygen atoms in total. The van der Waals surface area contributed by atoms with Crippen molar-refractivity contribution in [2.75, 3.05) is 7.11 Å². The van der Waals surface area contributed by atoms with Gasteiger partial charge in [0, 0.05) is 22.9 Å². The number of hydrogen-bond acceptors (Lipinski definition) is 1. The summed E-state index contributed by atoms with van der Waals surface area (Å²) in [5, 5.41) is 2.39. The Morgan fingerprint density at radius 3 is 2.93 bits per heavy atom. The number of methoxy groups -OCH3 is 1. The van der Waals surface area contributed by atoms with Crippen LogP contribution >= 0.6 is 15.9 Å². The van der Waals surface area contributed by atoms with Crippen LogP contribution in [0.3, 0.4) is 0 Å². The first-order valence-electron chi connectivity index (χ1n) is 4.95. The monoisotopic (exact) mass is 256 g/mol. The van der Waals surface area contributed by atoms with E-state index in [1.165, 1.54) is 18.4 Å². The second kappa shape index (κ2) is 4.32. The molecule has 3 heteroatoms. The highest BCUT2D eigenvalue weighted by molar-refractivity contribution is 9.10. The molecule has 1 fully saturated rings. The van der Waals surface area contributed by atoms with E-state index in [9.17, 15) is 0 Å². The molecule has 2 rings (SSSR count). The molecule has 0 radical (unpaired) electrons. The van der Waals surface area contributed by atoms with Crippen LogP contribution < -0.4 is 10.1 Å². The first-order valence-corrected chi connectivity index (χ1v) is 5.74. The molecule has 0 aromatic heterocycles. The number of rotatable bonds is 4. The number of nitrogens with two attached hydrogens (primary N) is 1. The smallest absolute Gasteiger partial charge is 0.127 e. The van der Waals surface area contributed by atoms with Crippen LogP contribution in [0.5, 0.6) is 5.75 Å². The highest BCUT2D eigenvalue weighted by atomic mass is 79.9. The van der Waals surface area contributed by atoms with Gasteiger partial charge in [-0.2, -0.15) is 0 Å². The molecule has 1 aromatic rings. The van der Waals surface area contributed by atoms with Gasteiger partial charge in [-0.3, -0.25) is 0 Å². The Morgan fingerprint density at radius 1 is 1.50 bits per heavy atom. The predicted octanol–water partition coefficient (Wildman–Crippen LogP) is 1.68. The van der Waals surface area contributed by atoms with Crippen molar-refractivity contribution in [1.82, 2.24) is 0 Å². The molecule has 0 aliphatic heterocycles. The topological polar surface area (TPSA) is 25.8 Å². The Hall–Kier alpha value is -0.540. The standard InChI is InChI=1S/C11H14BrNO/c1-14-11-5-2-9(12)6-8(11)7-13-10-3-4-10/h2,5-6,10,13H,3-4,7H2,1H3/p+1. The first-order chi connectivity index (χ1) is 6.79. The van der Waals surface area contributed by atoms with Crippen molar-refractivity contribution in [1.29, 1.82) is 0 Å². The molecule has 1 aliphatic carbocycles. The van der Waals surface area contributed by atoms with Crippen LogP contribution in [0, 0.1) is 0 Å². The summed E-state index contributed by atoms with van der Waals surface area (Å²) in [6, 6.07) is 7.02. The fraction of sp³-hybridized carbons (Fsp3) is 0.455. The van der Waals surface area contributed by atoms with Gasteiger partial charge in [0.1, 0.15) is 12.3 Å². The SMILES string of the molecule is COc1ccc(Br)cc1C[NH2+]C1CC1. The summed E-state index contributed by atoms with van der Waals surface area (Å²) in [5.41, 5.74) is 1.27. The number of quaternary nitrogens is 1. The van der Waals surface area contributed by atoms with Crippen LogP contribution in [0.1, 0.15) is 18.4 Å². The number of hydrogen-bond donors (Lipinski definition) is 1. The Labute approximate surface area is 92.8 Å². The molecule has 0 saturated heterocycles. The van der Waals surface area contributed by atoms with E-state index in [1.54, 1.807) is 7.11 Å². The Bertz CT molecular complexity index is 323. The second-order valence-corrected chi connectivity index (χ2v) is 4.65. The molecule has 0 spiro atoms. The van der Waals surface area contributed by atoms with E-state index < -0.39 is 0 Å². The van der Waals surface area contributed by atoms with Crippen molar-refractivity contribution in [2.45, 2.75) is 25.4 Å². The Morgan fingerprint density at radius 2 is 2.29 bits per heavy atom. The van der Waals surface area contributed by atoms with Crippen LogP contribution in [0.2, 0.25) is 0 Å². The van der Waals surface area contributed by atoms with E-state index in [0.29, 0.717) is 0 Å². The van der Waals surface area contributed by atoms with E-state index >= 15 is 0 Å². The maximum Gasteiger partial charge on any atom is 0.127 e. The number of ether oxygens (including phenoxy) is 1. The van der Waals surface area contributed by atoms with Gasteiger partial charge in [-0.05, 0) is 18.2 Å². The summed E-state index contributed by atoms with van der Waals surface area (Å²) >= 11 is 3.48. The molecule has 2 N–H and O–H groups in total. The van der Waals surface area contributed by atoms with Crippen molar-refractivity contribution >= 4 is 15.9 Å². The van der Waals surface area contributed by atoms with Gasteiger partial charge in [0.25, 0.3) is 0 Å². The molecule has 0 bridgehead atoms. The summed E-state index contributed by atoms with van der Waals surface area (Å²) in [7, 11) is 1.73. The summed E-state index contributed by atoms with van der Waals surface area (Å²) < 4.78 is 6.43. The van der Waals surface area contributed by atoms with Gasteiger partial charge in [-0.15, -0.1) is 0 Å². The third-order valence-electron chi connectivity index (χ3n) is 2.54. The van der Waals surface area contributed by atoms with Gasteiger partial charge in [-0.1, -0.05) is 15.9 Å². The normalized spacial score (nSPS) is 15.6. The zero-order valence-electron chi connectivity index (χ0n) is 8.29. The second-order valence-electron chi connectivity index (χ2n) is 3.73. The van der Waals surface area contributed by atoms with Gasteiger partial charge < -0.3 is 10.1 Å². The fourth-order valence-electron chi connectivity index (χ4n) is 1.53. The highest BCUT2D eigenvalue weighted by Gasteiger charge is 2.25. The molecule has 0 unspecified atom stereocenters. The van der Waals surface area contributed by atoms with Crippen LogP contribution in [0.25, 0.3) is 0 Å². The van der Waals surface area contributed by atoms with Gasteiger partial charge in [0.05, 0.1) is 13.2 Å². The predicted molar refractivity (Wildman–Crippen MR) is 59.3 cm³/mol. The lowest BCUT2D eigenvalue weighted by atomic mass is 10.2. The lowest BCUT2D eigenvalue weighted by Gasteiger charge is -2.07. The van der Waals surface area contributed by atoms with E-state index in [-0.39, 0.29) is 0 Å². The van der Waals surface area contributed by atoms with Gasteiger partial charge in [0.2, 0.25) is 0 Å². The van der Waals surface area contributed by atoms with E-state index in [4.69, 9.17) is 4.74 Å². The summed E-state index contributed by atoms with van der Waals surface area (Å²) in [6.45, 7) is 1.02. The third kappa shape index (κ3) is 2.49. The van der Waals surface area contributed by atoms with Crippen molar-refractivity contribution in [3.63, 3.8) is 0 Å². The van der Waals surface area contributed by atoms with E-state index in [0.717, 1.165) is 22.8 Å². The zero-order valence-corrected chi connectivity index (χ0v) is 9.88. The minimum atomic E-state index is 0.860. The quantitative estimate of drug-likeness (QED) is 0.872. The maximum absolute atomic E-state index is 5.31. The maximum atomic E-state index is 5.31. The fourth-order valence-corrected chi connectivity index (χ4v) is 1.94. The first kappa shape index (κ1) is 9.99. The zero-order chi connectivity index (χ0) is 9.97. The molecular weight excluding hydrogens is 242 g/mol. The number of benzene rings is 1. The van der Waals surface area contributed by atoms with Crippen LogP contribution in [0.15, 0.2) is 22.7 Å². The lowest BCUT2D eigenvalue weighted by Crippen LogP contribution is -2.84. The minimum Gasteiger partial charge on any atom is -0.496 e. The molecule has 0 heterocycles. The highest BCUT2D eigenvalue weighted by Crippen LogP contribution is 2.22. The molecule has 1 aromatic carbocycles. The number of halogens is 1. The largest absolute Gasteiger partial charge is 0.496 e.